The van der Waals surface area contributed by atoms with Gasteiger partial charge >= 0.3 is 6.03 Å². The second-order valence-corrected chi connectivity index (χ2v) is 7.84. The summed E-state index contributed by atoms with van der Waals surface area (Å²) in [4.78, 5) is 48.6. The highest BCUT2D eigenvalue weighted by molar-refractivity contribution is 6.31. The van der Waals surface area contributed by atoms with Gasteiger partial charge in [0.1, 0.15) is 11.6 Å². The smallest absolute Gasteiger partial charge is 0.319 e. The molecule has 1 atom stereocenters. The molecule has 0 aliphatic carbocycles. The van der Waals surface area contributed by atoms with Crippen LogP contribution >= 0.6 is 11.6 Å². The third kappa shape index (κ3) is 4.45. The topological polar surface area (TPSA) is 135 Å². The van der Waals surface area contributed by atoms with Gasteiger partial charge in [-0.25, -0.2) is 4.79 Å². The monoisotopic (exact) mass is 454 g/mol. The number of carbonyl (C=O) groups is 3. The fourth-order valence-electron chi connectivity index (χ4n) is 3.36. The number of piperidine rings is 1. The number of nitrogens with one attached hydrogen (secondary N) is 3. The minimum atomic E-state index is -0.897. The van der Waals surface area contributed by atoms with E-state index in [0.717, 1.165) is 10.2 Å². The average Bonchev–Trinajstić information content (AvgIpc) is 2.76. The van der Waals surface area contributed by atoms with Crippen molar-refractivity contribution in [3.63, 3.8) is 0 Å². The Bertz CT molecular complexity index is 1310. The summed E-state index contributed by atoms with van der Waals surface area (Å²) in [5.41, 5.74) is 1.99. The summed E-state index contributed by atoms with van der Waals surface area (Å²) < 4.78 is 0.995. The van der Waals surface area contributed by atoms with E-state index in [2.05, 4.69) is 26.3 Å². The van der Waals surface area contributed by atoms with Crippen LogP contribution in [0.5, 0.6) is 0 Å². The van der Waals surface area contributed by atoms with Crippen LogP contribution in [0.3, 0.4) is 0 Å². The second kappa shape index (κ2) is 8.75. The normalized spacial score (nSPS) is 16.0. The van der Waals surface area contributed by atoms with Gasteiger partial charge in [0.2, 0.25) is 5.91 Å². The third-order valence-electron chi connectivity index (χ3n) is 5.14. The Morgan fingerprint density at radius 1 is 1.22 bits per heavy atom. The van der Waals surface area contributed by atoms with E-state index < -0.39 is 23.5 Å². The number of fused-ring (bicyclic) bond motifs is 1. The lowest BCUT2D eigenvalue weighted by molar-refractivity contribution is -0.136. The molecule has 11 heteroatoms. The molecule has 3 N–H and O–H groups in total. The summed E-state index contributed by atoms with van der Waals surface area (Å²) >= 11 is 6.07. The molecule has 2 heterocycles. The molecule has 164 valence electrons. The molecule has 0 saturated carbocycles. The van der Waals surface area contributed by atoms with Crippen LogP contribution in [0.2, 0.25) is 5.02 Å². The minimum absolute atomic E-state index is 0.119. The van der Waals surface area contributed by atoms with Gasteiger partial charge in [-0.3, -0.25) is 19.7 Å². The number of hydrogen-bond donors (Lipinski definition) is 3. The van der Waals surface area contributed by atoms with Crippen LogP contribution in [-0.2, 0) is 16.1 Å². The van der Waals surface area contributed by atoms with Crippen molar-refractivity contribution >= 4 is 46.0 Å². The molecule has 0 spiro atoms. The van der Waals surface area contributed by atoms with Crippen molar-refractivity contribution in [3.8, 4) is 0 Å². The molecule has 10 nitrogen and oxygen atoms in total. The van der Waals surface area contributed by atoms with Crippen molar-refractivity contribution in [2.24, 2.45) is 0 Å². The van der Waals surface area contributed by atoms with Crippen LogP contribution < -0.4 is 21.5 Å². The molecule has 1 aliphatic heterocycles. The molecule has 2 aromatic carbocycles. The number of aromatic nitrogens is 3. The standard InChI is InChI=1S/C21H19ClN6O4/c1-11-2-4-13(9-15(11)22)24-21(32)23-10-12-3-5-16-14(8-12)20(31)28(27-26-16)17-6-7-18(29)25-19(17)30/h2-5,8-9,17H,6-7,10H2,1H3,(H2,23,24,32)(H,25,29,30). The molecule has 32 heavy (non-hydrogen) atoms. The zero-order valence-electron chi connectivity index (χ0n) is 17.0. The Morgan fingerprint density at radius 3 is 2.78 bits per heavy atom. The van der Waals surface area contributed by atoms with E-state index in [1.165, 1.54) is 0 Å². The Balaban J connectivity index is 1.50. The maximum Gasteiger partial charge on any atom is 0.319 e. The largest absolute Gasteiger partial charge is 0.334 e. The summed E-state index contributed by atoms with van der Waals surface area (Å²) in [6.45, 7) is 2.02. The van der Waals surface area contributed by atoms with Gasteiger partial charge < -0.3 is 10.6 Å². The molecule has 4 rings (SSSR count). The molecule has 0 bridgehead atoms. The second-order valence-electron chi connectivity index (χ2n) is 7.43. The number of carbonyl (C=O) groups excluding carboxylic acids is 3. The number of nitrogens with zero attached hydrogens (tertiary/aromatic N) is 3. The van der Waals surface area contributed by atoms with Gasteiger partial charge in [0.25, 0.3) is 11.5 Å². The van der Waals surface area contributed by atoms with Crippen molar-refractivity contribution in [1.82, 2.24) is 25.6 Å². The summed E-state index contributed by atoms with van der Waals surface area (Å²) in [6.07, 6.45) is 0.295. The molecule has 1 aliphatic rings. The van der Waals surface area contributed by atoms with Gasteiger partial charge in [0.15, 0.2) is 0 Å². The van der Waals surface area contributed by atoms with Gasteiger partial charge in [-0.2, -0.15) is 4.68 Å². The SMILES string of the molecule is Cc1ccc(NC(=O)NCc2ccc3nnn(C4CCC(=O)NC4=O)c(=O)c3c2)cc1Cl. The first-order chi connectivity index (χ1) is 15.3. The lowest BCUT2D eigenvalue weighted by Crippen LogP contribution is -2.45. The number of rotatable bonds is 4. The van der Waals surface area contributed by atoms with E-state index in [4.69, 9.17) is 11.6 Å². The Labute approximate surface area is 186 Å². The van der Waals surface area contributed by atoms with Crippen LogP contribution in [0.4, 0.5) is 10.5 Å². The number of urea groups is 1. The molecular weight excluding hydrogens is 436 g/mol. The quantitative estimate of drug-likeness (QED) is 0.516. The lowest BCUT2D eigenvalue weighted by Gasteiger charge is -2.21. The van der Waals surface area contributed by atoms with Crippen molar-refractivity contribution in [2.45, 2.75) is 32.4 Å². The average molecular weight is 455 g/mol. The van der Waals surface area contributed by atoms with Crippen LogP contribution in [0.25, 0.3) is 10.9 Å². The summed E-state index contributed by atoms with van der Waals surface area (Å²) in [5.74, 6) is -0.963. The highest BCUT2D eigenvalue weighted by Crippen LogP contribution is 2.20. The van der Waals surface area contributed by atoms with Crippen LogP contribution in [0.15, 0.2) is 41.2 Å². The Kier molecular flexibility index (Phi) is 5.87. The molecule has 4 amide bonds. The number of halogens is 1. The van der Waals surface area contributed by atoms with Crippen molar-refractivity contribution in [2.75, 3.05) is 5.32 Å². The van der Waals surface area contributed by atoms with Gasteiger partial charge in [0, 0.05) is 23.7 Å². The Hall–Kier alpha value is -3.79. The first-order valence-electron chi connectivity index (χ1n) is 9.84. The number of imide groups is 1. The maximum absolute atomic E-state index is 12.9. The highest BCUT2D eigenvalue weighted by Gasteiger charge is 2.30. The van der Waals surface area contributed by atoms with E-state index >= 15 is 0 Å². The number of aryl methyl sites for hydroxylation is 1. The van der Waals surface area contributed by atoms with Gasteiger partial charge in [-0.05, 0) is 48.7 Å². The lowest BCUT2D eigenvalue weighted by atomic mass is 10.1. The van der Waals surface area contributed by atoms with E-state index in [-0.39, 0.29) is 30.7 Å². The van der Waals surface area contributed by atoms with E-state index in [9.17, 15) is 19.2 Å². The molecule has 1 unspecified atom stereocenters. The number of amides is 4. The molecule has 1 aromatic heterocycles. The molecular formula is C21H19ClN6O4. The van der Waals surface area contributed by atoms with Crippen LogP contribution in [0.1, 0.15) is 30.0 Å². The number of anilines is 1. The number of hydrogen-bond acceptors (Lipinski definition) is 6. The number of benzene rings is 2. The van der Waals surface area contributed by atoms with Crippen molar-refractivity contribution in [1.29, 1.82) is 0 Å². The van der Waals surface area contributed by atoms with E-state index in [0.29, 0.717) is 21.8 Å². The summed E-state index contributed by atoms with van der Waals surface area (Å²) in [7, 11) is 0. The van der Waals surface area contributed by atoms with Crippen LogP contribution in [0, 0.1) is 6.92 Å². The van der Waals surface area contributed by atoms with E-state index in [1.807, 2.05) is 6.92 Å². The molecule has 3 aromatic rings. The van der Waals surface area contributed by atoms with E-state index in [1.54, 1.807) is 36.4 Å². The van der Waals surface area contributed by atoms with Gasteiger partial charge in [0.05, 0.1) is 5.39 Å². The summed E-state index contributed by atoms with van der Waals surface area (Å²) in [6, 6.07) is 8.80. The van der Waals surface area contributed by atoms with Gasteiger partial charge in [-0.15, -0.1) is 5.10 Å². The molecule has 1 saturated heterocycles. The molecule has 1 fully saturated rings. The van der Waals surface area contributed by atoms with Gasteiger partial charge in [-0.1, -0.05) is 28.9 Å². The predicted molar refractivity (Wildman–Crippen MR) is 117 cm³/mol. The minimum Gasteiger partial charge on any atom is -0.334 e. The Morgan fingerprint density at radius 2 is 2.03 bits per heavy atom. The predicted octanol–water partition coefficient (Wildman–Crippen LogP) is 2.05. The zero-order chi connectivity index (χ0) is 22.8. The molecule has 0 radical (unpaired) electrons. The van der Waals surface area contributed by atoms with Crippen LogP contribution in [-0.4, -0.2) is 32.8 Å². The summed E-state index contributed by atoms with van der Waals surface area (Å²) in [5, 5.41) is 16.3. The maximum atomic E-state index is 12.9. The zero-order valence-corrected chi connectivity index (χ0v) is 17.8. The fraction of sp³-hybridized carbons (Fsp3) is 0.238. The third-order valence-corrected chi connectivity index (χ3v) is 5.54. The van der Waals surface area contributed by atoms with Crippen molar-refractivity contribution < 1.29 is 14.4 Å². The highest BCUT2D eigenvalue weighted by atomic mass is 35.5. The fourth-order valence-corrected chi connectivity index (χ4v) is 3.54. The first-order valence-corrected chi connectivity index (χ1v) is 10.2. The first kappa shape index (κ1) is 21.4. The van der Waals surface area contributed by atoms with Crippen molar-refractivity contribution in [3.05, 3.63) is 62.9 Å².